The largest absolute Gasteiger partial charge is 0.496 e. The molecule has 3 rings (SSSR count). The van der Waals surface area contributed by atoms with E-state index in [-0.39, 0.29) is 11.7 Å². The van der Waals surface area contributed by atoms with Crippen LogP contribution in [-0.2, 0) is 5.75 Å². The number of para-hydroxylation sites is 1. The van der Waals surface area contributed by atoms with Crippen molar-refractivity contribution in [2.24, 2.45) is 4.99 Å². The molecule has 0 radical (unpaired) electrons. The highest BCUT2D eigenvalue weighted by atomic mass is 32.2. The minimum Gasteiger partial charge on any atom is -0.496 e. The van der Waals surface area contributed by atoms with E-state index in [1.54, 1.807) is 41.3 Å². The van der Waals surface area contributed by atoms with Gasteiger partial charge in [-0.2, -0.15) is 0 Å². The van der Waals surface area contributed by atoms with Crippen LogP contribution in [0.1, 0.15) is 15.9 Å². The van der Waals surface area contributed by atoms with E-state index in [0.29, 0.717) is 40.9 Å². The van der Waals surface area contributed by atoms with Gasteiger partial charge in [0.2, 0.25) is 0 Å². The Morgan fingerprint density at radius 3 is 2.79 bits per heavy atom. The van der Waals surface area contributed by atoms with E-state index < -0.39 is 0 Å². The molecule has 0 saturated carbocycles. The van der Waals surface area contributed by atoms with Crippen molar-refractivity contribution >= 4 is 22.8 Å². The summed E-state index contributed by atoms with van der Waals surface area (Å²) >= 11 is 1.37. The van der Waals surface area contributed by atoms with E-state index in [0.717, 1.165) is 0 Å². The van der Waals surface area contributed by atoms with Gasteiger partial charge in [0.1, 0.15) is 11.6 Å². The Morgan fingerprint density at radius 2 is 2.00 bits per heavy atom. The summed E-state index contributed by atoms with van der Waals surface area (Å²) in [5.74, 6) is 0.574. The van der Waals surface area contributed by atoms with Crippen molar-refractivity contribution in [2.75, 3.05) is 20.2 Å². The summed E-state index contributed by atoms with van der Waals surface area (Å²) in [5, 5.41) is 0.620. The maximum Gasteiger partial charge on any atom is 0.263 e. The zero-order valence-corrected chi connectivity index (χ0v) is 14.1. The lowest BCUT2D eigenvalue weighted by Crippen LogP contribution is -2.33. The quantitative estimate of drug-likeness (QED) is 0.851. The van der Waals surface area contributed by atoms with Gasteiger partial charge in [0.25, 0.3) is 5.91 Å². The summed E-state index contributed by atoms with van der Waals surface area (Å²) < 4.78 is 19.0. The smallest absolute Gasteiger partial charge is 0.263 e. The van der Waals surface area contributed by atoms with Crippen LogP contribution in [0.25, 0.3) is 0 Å². The van der Waals surface area contributed by atoms with Crippen molar-refractivity contribution in [3.05, 3.63) is 65.5 Å². The normalized spacial score (nSPS) is 13.8. The van der Waals surface area contributed by atoms with Gasteiger partial charge in [-0.25, -0.2) is 4.39 Å². The third-order valence-corrected chi connectivity index (χ3v) is 4.76. The maximum atomic E-state index is 13.7. The Morgan fingerprint density at radius 1 is 1.25 bits per heavy atom. The standard InChI is InChI=1S/C18H17FN2O2S/c1-23-16-9-5-3-7-14(16)17(22)21-11-10-20-18(21)24-12-13-6-2-4-8-15(13)19/h2-9H,10-12H2,1H3. The number of rotatable bonds is 4. The molecular formula is C18H17FN2O2S. The van der Waals surface area contributed by atoms with Gasteiger partial charge in [-0.3, -0.25) is 14.7 Å². The van der Waals surface area contributed by atoms with Crippen LogP contribution in [0.2, 0.25) is 0 Å². The molecule has 1 aliphatic heterocycles. The molecule has 0 unspecified atom stereocenters. The van der Waals surface area contributed by atoms with Crippen molar-refractivity contribution < 1.29 is 13.9 Å². The fourth-order valence-electron chi connectivity index (χ4n) is 2.46. The fourth-order valence-corrected chi connectivity index (χ4v) is 3.49. The van der Waals surface area contributed by atoms with Crippen molar-refractivity contribution in [3.63, 3.8) is 0 Å². The van der Waals surface area contributed by atoms with E-state index in [4.69, 9.17) is 4.74 Å². The number of halogens is 1. The molecule has 0 bridgehead atoms. The first-order valence-corrected chi connectivity index (χ1v) is 8.55. The van der Waals surface area contributed by atoms with Crippen LogP contribution in [0, 0.1) is 5.82 Å². The van der Waals surface area contributed by atoms with Gasteiger partial charge in [0.05, 0.1) is 19.2 Å². The van der Waals surface area contributed by atoms with E-state index in [1.807, 2.05) is 6.07 Å². The molecule has 0 spiro atoms. The number of benzene rings is 2. The number of methoxy groups -OCH3 is 1. The predicted molar refractivity (Wildman–Crippen MR) is 94.0 cm³/mol. The summed E-state index contributed by atoms with van der Waals surface area (Å²) in [7, 11) is 1.54. The monoisotopic (exact) mass is 344 g/mol. The van der Waals surface area contributed by atoms with E-state index in [9.17, 15) is 9.18 Å². The molecular weight excluding hydrogens is 327 g/mol. The number of hydrogen-bond donors (Lipinski definition) is 0. The summed E-state index contributed by atoms with van der Waals surface area (Å²) in [4.78, 5) is 18.8. The van der Waals surface area contributed by atoms with Crippen LogP contribution in [-0.4, -0.2) is 36.2 Å². The second-order valence-corrected chi connectivity index (χ2v) is 6.14. The summed E-state index contributed by atoms with van der Waals surface area (Å²) in [5.41, 5.74) is 1.10. The second kappa shape index (κ2) is 7.49. The van der Waals surface area contributed by atoms with Crippen molar-refractivity contribution in [1.29, 1.82) is 0 Å². The number of carbonyl (C=O) groups excluding carboxylic acids is 1. The molecule has 0 saturated heterocycles. The van der Waals surface area contributed by atoms with E-state index in [1.165, 1.54) is 24.9 Å². The van der Waals surface area contributed by atoms with Crippen LogP contribution >= 0.6 is 11.8 Å². The molecule has 0 aliphatic carbocycles. The van der Waals surface area contributed by atoms with Gasteiger partial charge in [-0.15, -0.1) is 0 Å². The maximum absolute atomic E-state index is 13.7. The molecule has 0 N–H and O–H groups in total. The van der Waals surface area contributed by atoms with Gasteiger partial charge < -0.3 is 4.74 Å². The lowest BCUT2D eigenvalue weighted by Gasteiger charge is -2.19. The van der Waals surface area contributed by atoms with E-state index in [2.05, 4.69) is 4.99 Å². The Hall–Kier alpha value is -2.34. The van der Waals surface area contributed by atoms with Crippen molar-refractivity contribution in [1.82, 2.24) is 4.90 Å². The number of carbonyl (C=O) groups is 1. The van der Waals surface area contributed by atoms with Crippen LogP contribution < -0.4 is 4.74 Å². The molecule has 124 valence electrons. The van der Waals surface area contributed by atoms with Crippen molar-refractivity contribution in [2.45, 2.75) is 5.75 Å². The van der Waals surface area contributed by atoms with Gasteiger partial charge in [0, 0.05) is 12.3 Å². The van der Waals surface area contributed by atoms with Crippen molar-refractivity contribution in [3.8, 4) is 5.75 Å². The zero-order valence-electron chi connectivity index (χ0n) is 13.2. The first-order chi connectivity index (χ1) is 11.7. The number of hydrogen-bond acceptors (Lipinski definition) is 4. The molecule has 0 atom stereocenters. The number of amidine groups is 1. The molecule has 1 amide bonds. The average Bonchev–Trinajstić information content (AvgIpc) is 3.09. The Balaban J connectivity index is 1.73. The molecule has 24 heavy (non-hydrogen) atoms. The Bertz CT molecular complexity index is 779. The first-order valence-electron chi connectivity index (χ1n) is 7.56. The topological polar surface area (TPSA) is 41.9 Å². The highest BCUT2D eigenvalue weighted by Crippen LogP contribution is 2.25. The van der Waals surface area contributed by atoms with Crippen LogP contribution in [0.4, 0.5) is 4.39 Å². The molecule has 2 aromatic carbocycles. The lowest BCUT2D eigenvalue weighted by molar-refractivity contribution is 0.0857. The fraction of sp³-hybridized carbons (Fsp3) is 0.222. The number of thioether (sulfide) groups is 1. The van der Waals surface area contributed by atoms with Gasteiger partial charge in [-0.1, -0.05) is 42.1 Å². The first kappa shape index (κ1) is 16.5. The average molecular weight is 344 g/mol. The zero-order chi connectivity index (χ0) is 16.9. The predicted octanol–water partition coefficient (Wildman–Crippen LogP) is 3.58. The molecule has 1 heterocycles. The van der Waals surface area contributed by atoms with Gasteiger partial charge >= 0.3 is 0 Å². The molecule has 6 heteroatoms. The number of amides is 1. The molecule has 1 aliphatic rings. The van der Waals surface area contributed by atoms with Gasteiger partial charge in [0.15, 0.2) is 5.17 Å². The SMILES string of the molecule is COc1ccccc1C(=O)N1CCN=C1SCc1ccccc1F. The van der Waals surface area contributed by atoms with Crippen LogP contribution in [0.3, 0.4) is 0 Å². The van der Waals surface area contributed by atoms with Gasteiger partial charge in [-0.05, 0) is 23.8 Å². The second-order valence-electron chi connectivity index (χ2n) is 5.20. The Labute approximate surface area is 144 Å². The summed E-state index contributed by atoms with van der Waals surface area (Å²) in [6.45, 7) is 1.08. The molecule has 2 aromatic rings. The highest BCUT2D eigenvalue weighted by Gasteiger charge is 2.27. The summed E-state index contributed by atoms with van der Waals surface area (Å²) in [6.07, 6.45) is 0. The van der Waals surface area contributed by atoms with Crippen LogP contribution in [0.15, 0.2) is 53.5 Å². The number of nitrogens with zero attached hydrogens (tertiary/aromatic N) is 2. The number of ether oxygens (including phenoxy) is 1. The minimum absolute atomic E-state index is 0.148. The van der Waals surface area contributed by atoms with Crippen LogP contribution in [0.5, 0.6) is 5.75 Å². The highest BCUT2D eigenvalue weighted by molar-refractivity contribution is 8.13. The lowest BCUT2D eigenvalue weighted by atomic mass is 10.2. The third-order valence-electron chi connectivity index (χ3n) is 3.70. The third kappa shape index (κ3) is 3.43. The molecule has 4 nitrogen and oxygen atoms in total. The minimum atomic E-state index is -0.244. The molecule has 0 fully saturated rings. The molecule has 0 aromatic heterocycles. The van der Waals surface area contributed by atoms with E-state index >= 15 is 0 Å². The Kier molecular flexibility index (Phi) is 5.15. The summed E-state index contributed by atoms with van der Waals surface area (Å²) in [6, 6.07) is 13.7. The number of aliphatic imine (C=N–C) groups is 1.